The zero-order valence-corrected chi connectivity index (χ0v) is 15.6. The molecule has 0 saturated heterocycles. The molecule has 6 nitrogen and oxygen atoms in total. The van der Waals surface area contributed by atoms with Gasteiger partial charge in [0.15, 0.2) is 0 Å². The standard InChI is InChI=1S/C21H23N3O3/c1-15-8-9-18(16(2)14-15)26-13-12-22-19(25)10-11-20-23-21(24-27-20)17-6-4-3-5-7-17/h3-9,14H,10-13H2,1-2H3,(H,22,25). The number of benzene rings is 2. The molecule has 3 rings (SSSR count). The fraction of sp³-hybridized carbons (Fsp3) is 0.286. The van der Waals surface area contributed by atoms with Crippen LogP contribution in [0.15, 0.2) is 53.1 Å². The smallest absolute Gasteiger partial charge is 0.227 e. The van der Waals surface area contributed by atoms with Crippen LogP contribution in [0.2, 0.25) is 0 Å². The van der Waals surface area contributed by atoms with Crippen molar-refractivity contribution in [2.24, 2.45) is 0 Å². The number of rotatable bonds is 8. The summed E-state index contributed by atoms with van der Waals surface area (Å²) in [5.74, 6) is 1.76. The molecule has 1 amide bonds. The molecule has 0 aliphatic heterocycles. The largest absolute Gasteiger partial charge is 0.491 e. The highest BCUT2D eigenvalue weighted by Gasteiger charge is 2.10. The van der Waals surface area contributed by atoms with Gasteiger partial charge in [-0.25, -0.2) is 0 Å². The molecule has 0 unspecified atom stereocenters. The first-order valence-electron chi connectivity index (χ1n) is 8.96. The second-order valence-corrected chi connectivity index (χ2v) is 6.35. The summed E-state index contributed by atoms with van der Waals surface area (Å²) in [6.07, 6.45) is 0.698. The van der Waals surface area contributed by atoms with Crippen molar-refractivity contribution >= 4 is 5.91 Å². The first-order valence-corrected chi connectivity index (χ1v) is 8.96. The Balaban J connectivity index is 1.38. The summed E-state index contributed by atoms with van der Waals surface area (Å²) >= 11 is 0. The normalized spacial score (nSPS) is 10.6. The van der Waals surface area contributed by atoms with Gasteiger partial charge in [-0.2, -0.15) is 4.98 Å². The van der Waals surface area contributed by atoms with Crippen LogP contribution in [0.4, 0.5) is 0 Å². The molecule has 0 atom stereocenters. The van der Waals surface area contributed by atoms with E-state index in [1.165, 1.54) is 5.56 Å². The highest BCUT2D eigenvalue weighted by molar-refractivity contribution is 5.76. The summed E-state index contributed by atoms with van der Waals surface area (Å²) in [7, 11) is 0. The molecular weight excluding hydrogens is 342 g/mol. The Hall–Kier alpha value is -3.15. The molecular formula is C21H23N3O3. The maximum absolute atomic E-state index is 12.0. The third-order valence-corrected chi connectivity index (χ3v) is 4.08. The van der Waals surface area contributed by atoms with Crippen LogP contribution in [0.25, 0.3) is 11.4 Å². The first-order chi connectivity index (χ1) is 13.1. The lowest BCUT2D eigenvalue weighted by molar-refractivity contribution is -0.121. The van der Waals surface area contributed by atoms with E-state index < -0.39 is 0 Å². The monoisotopic (exact) mass is 365 g/mol. The van der Waals surface area contributed by atoms with Crippen LogP contribution in [-0.4, -0.2) is 29.2 Å². The van der Waals surface area contributed by atoms with Gasteiger partial charge in [0.05, 0.1) is 6.54 Å². The Morgan fingerprint density at radius 1 is 1.15 bits per heavy atom. The molecule has 140 valence electrons. The van der Waals surface area contributed by atoms with Gasteiger partial charge in [-0.1, -0.05) is 53.2 Å². The zero-order chi connectivity index (χ0) is 19.1. The predicted octanol–water partition coefficient (Wildman–Crippen LogP) is 3.48. The van der Waals surface area contributed by atoms with E-state index >= 15 is 0 Å². The maximum Gasteiger partial charge on any atom is 0.227 e. The SMILES string of the molecule is Cc1ccc(OCCNC(=O)CCc2nc(-c3ccccc3)no2)c(C)c1. The quantitative estimate of drug-likeness (QED) is 0.619. The van der Waals surface area contributed by atoms with Crippen LogP contribution in [0.3, 0.4) is 0 Å². The zero-order valence-electron chi connectivity index (χ0n) is 15.6. The van der Waals surface area contributed by atoms with Crippen LogP contribution in [0.5, 0.6) is 5.75 Å². The average molecular weight is 365 g/mol. The summed E-state index contributed by atoms with van der Waals surface area (Å²) < 4.78 is 10.9. The molecule has 1 N–H and O–H groups in total. The number of aryl methyl sites for hydroxylation is 3. The number of carbonyl (C=O) groups excluding carboxylic acids is 1. The molecule has 27 heavy (non-hydrogen) atoms. The van der Waals surface area contributed by atoms with E-state index in [1.54, 1.807) is 0 Å². The van der Waals surface area contributed by atoms with Gasteiger partial charge in [-0.3, -0.25) is 4.79 Å². The molecule has 0 bridgehead atoms. The number of ether oxygens (including phenoxy) is 1. The summed E-state index contributed by atoms with van der Waals surface area (Å²) in [5, 5.41) is 6.79. The summed E-state index contributed by atoms with van der Waals surface area (Å²) in [6, 6.07) is 15.6. The van der Waals surface area contributed by atoms with Gasteiger partial charge in [-0.05, 0) is 25.5 Å². The van der Waals surface area contributed by atoms with Crippen LogP contribution in [-0.2, 0) is 11.2 Å². The number of hydrogen-bond acceptors (Lipinski definition) is 5. The minimum atomic E-state index is -0.0707. The Morgan fingerprint density at radius 2 is 1.96 bits per heavy atom. The lowest BCUT2D eigenvalue weighted by atomic mass is 10.1. The van der Waals surface area contributed by atoms with Crippen molar-refractivity contribution in [3.05, 3.63) is 65.5 Å². The first kappa shape index (κ1) is 18.6. The van der Waals surface area contributed by atoms with Gasteiger partial charge in [-0.15, -0.1) is 0 Å². The summed E-state index contributed by atoms with van der Waals surface area (Å²) in [6.45, 7) is 4.93. The maximum atomic E-state index is 12.0. The molecule has 0 spiro atoms. The second kappa shape index (κ2) is 8.98. The number of aromatic nitrogens is 2. The van der Waals surface area contributed by atoms with Crippen LogP contribution < -0.4 is 10.1 Å². The number of amides is 1. The Bertz CT molecular complexity index is 891. The second-order valence-electron chi connectivity index (χ2n) is 6.35. The number of hydrogen-bond donors (Lipinski definition) is 1. The summed E-state index contributed by atoms with van der Waals surface area (Å²) in [5.41, 5.74) is 3.18. The van der Waals surface area contributed by atoms with Gasteiger partial charge >= 0.3 is 0 Å². The Kier molecular flexibility index (Phi) is 6.20. The van der Waals surface area contributed by atoms with Gasteiger partial charge < -0.3 is 14.6 Å². The van der Waals surface area contributed by atoms with Crippen LogP contribution in [0, 0.1) is 13.8 Å². The van der Waals surface area contributed by atoms with E-state index in [1.807, 2.05) is 56.3 Å². The average Bonchev–Trinajstić information content (AvgIpc) is 3.15. The minimum Gasteiger partial charge on any atom is -0.491 e. The number of carbonyl (C=O) groups is 1. The molecule has 3 aromatic rings. The highest BCUT2D eigenvalue weighted by atomic mass is 16.5. The van der Waals surface area contributed by atoms with E-state index in [4.69, 9.17) is 9.26 Å². The molecule has 6 heteroatoms. The molecule has 0 fully saturated rings. The van der Waals surface area contributed by atoms with Crippen molar-refractivity contribution in [1.29, 1.82) is 0 Å². The van der Waals surface area contributed by atoms with Crippen molar-refractivity contribution in [3.63, 3.8) is 0 Å². The molecule has 2 aromatic carbocycles. The van der Waals surface area contributed by atoms with E-state index in [2.05, 4.69) is 21.5 Å². The van der Waals surface area contributed by atoms with E-state index in [0.717, 1.165) is 16.9 Å². The topological polar surface area (TPSA) is 77.2 Å². The third-order valence-electron chi connectivity index (χ3n) is 4.08. The van der Waals surface area contributed by atoms with E-state index in [-0.39, 0.29) is 5.91 Å². The third kappa shape index (κ3) is 5.41. The lowest BCUT2D eigenvalue weighted by Gasteiger charge is -2.10. The van der Waals surface area contributed by atoms with Crippen molar-refractivity contribution in [1.82, 2.24) is 15.5 Å². The van der Waals surface area contributed by atoms with Gasteiger partial charge in [0.2, 0.25) is 17.6 Å². The van der Waals surface area contributed by atoms with Crippen LogP contribution in [0.1, 0.15) is 23.4 Å². The predicted molar refractivity (Wildman–Crippen MR) is 102 cm³/mol. The van der Waals surface area contributed by atoms with Gasteiger partial charge in [0.1, 0.15) is 12.4 Å². The van der Waals surface area contributed by atoms with Crippen molar-refractivity contribution in [2.45, 2.75) is 26.7 Å². The Labute approximate surface area is 158 Å². The van der Waals surface area contributed by atoms with Crippen LogP contribution >= 0.6 is 0 Å². The molecule has 0 saturated carbocycles. The van der Waals surface area contributed by atoms with Crippen molar-refractivity contribution in [3.8, 4) is 17.1 Å². The number of nitrogens with one attached hydrogen (secondary N) is 1. The minimum absolute atomic E-state index is 0.0707. The lowest BCUT2D eigenvalue weighted by Crippen LogP contribution is -2.28. The Morgan fingerprint density at radius 3 is 2.74 bits per heavy atom. The molecule has 0 aliphatic carbocycles. The van der Waals surface area contributed by atoms with E-state index in [9.17, 15) is 4.79 Å². The fourth-order valence-electron chi connectivity index (χ4n) is 2.68. The van der Waals surface area contributed by atoms with Gasteiger partial charge in [0.25, 0.3) is 0 Å². The molecule has 1 heterocycles. The number of nitrogens with zero attached hydrogens (tertiary/aromatic N) is 2. The summed E-state index contributed by atoms with van der Waals surface area (Å²) in [4.78, 5) is 16.3. The molecule has 1 aromatic heterocycles. The molecule has 0 radical (unpaired) electrons. The van der Waals surface area contributed by atoms with Crippen molar-refractivity contribution < 1.29 is 14.1 Å². The molecule has 0 aliphatic rings. The van der Waals surface area contributed by atoms with Crippen molar-refractivity contribution in [2.75, 3.05) is 13.2 Å². The highest BCUT2D eigenvalue weighted by Crippen LogP contribution is 2.18. The van der Waals surface area contributed by atoms with E-state index in [0.29, 0.717) is 37.7 Å². The van der Waals surface area contributed by atoms with Gasteiger partial charge in [0, 0.05) is 18.4 Å². The fourth-order valence-corrected chi connectivity index (χ4v) is 2.68.